The molecule has 1 N–H and O–H groups in total. The van der Waals surface area contributed by atoms with Gasteiger partial charge in [-0.2, -0.15) is 13.2 Å². The summed E-state index contributed by atoms with van der Waals surface area (Å²) in [7, 11) is 0. The summed E-state index contributed by atoms with van der Waals surface area (Å²) >= 11 is 10.8. The Hall–Kier alpha value is -1.92. The zero-order valence-corrected chi connectivity index (χ0v) is 14.9. The molecule has 3 aromatic rings. The van der Waals surface area contributed by atoms with E-state index in [0.29, 0.717) is 0 Å². The fourth-order valence-electron chi connectivity index (χ4n) is 2.66. The van der Waals surface area contributed by atoms with Crippen molar-refractivity contribution in [2.24, 2.45) is 0 Å². The number of fused-ring (bicyclic) bond motifs is 1. The quantitative estimate of drug-likeness (QED) is 0.503. The molecular formula is C18H14ClF3NOS. The molecule has 7 heteroatoms. The topological polar surface area (TPSA) is 25.0 Å². The van der Waals surface area contributed by atoms with Gasteiger partial charge in [0.15, 0.2) is 5.75 Å². The van der Waals surface area contributed by atoms with Gasteiger partial charge in [-0.1, -0.05) is 38.1 Å². The molecule has 25 heavy (non-hydrogen) atoms. The summed E-state index contributed by atoms with van der Waals surface area (Å²) in [5.41, 5.74) is 0.964. The Labute approximate surface area is 153 Å². The van der Waals surface area contributed by atoms with Gasteiger partial charge in [0.2, 0.25) is 0 Å². The van der Waals surface area contributed by atoms with Crippen LogP contribution in [0.25, 0.3) is 10.9 Å². The molecule has 0 aliphatic carbocycles. The highest BCUT2D eigenvalue weighted by atomic mass is 35.5. The summed E-state index contributed by atoms with van der Waals surface area (Å²) in [5, 5.41) is 0.732. The van der Waals surface area contributed by atoms with Crippen LogP contribution >= 0.6 is 24.2 Å². The first kappa shape index (κ1) is 17.9. The summed E-state index contributed by atoms with van der Waals surface area (Å²) in [6.07, 6.45) is -2.73. The summed E-state index contributed by atoms with van der Waals surface area (Å²) in [6.45, 7) is 4.08. The van der Waals surface area contributed by atoms with Crippen LogP contribution in [-0.2, 0) is 6.18 Å². The van der Waals surface area contributed by atoms with Gasteiger partial charge in [-0.05, 0) is 41.8 Å². The predicted molar refractivity (Wildman–Crippen MR) is 94.8 cm³/mol. The third-order valence-corrected chi connectivity index (χ3v) is 4.37. The molecule has 0 unspecified atom stereocenters. The number of halogens is 4. The van der Waals surface area contributed by atoms with E-state index in [4.69, 9.17) is 29.0 Å². The van der Waals surface area contributed by atoms with Crippen molar-refractivity contribution in [1.82, 2.24) is 4.98 Å². The van der Waals surface area contributed by atoms with Crippen molar-refractivity contribution in [3.05, 3.63) is 52.7 Å². The van der Waals surface area contributed by atoms with Crippen LogP contribution in [0, 0.1) is 0 Å². The third kappa shape index (κ3) is 3.55. The number of aromatic amines is 1. The first-order chi connectivity index (χ1) is 11.7. The molecule has 3 rings (SSSR count). The van der Waals surface area contributed by atoms with Crippen molar-refractivity contribution in [2.45, 2.75) is 30.8 Å². The third-order valence-electron chi connectivity index (χ3n) is 3.85. The van der Waals surface area contributed by atoms with E-state index in [1.807, 2.05) is 20.0 Å². The van der Waals surface area contributed by atoms with Crippen molar-refractivity contribution in [3.8, 4) is 11.5 Å². The second-order valence-corrected chi connectivity index (χ2v) is 6.87. The zero-order valence-electron chi connectivity index (χ0n) is 13.4. The molecular weight excluding hydrogens is 371 g/mol. The highest BCUT2D eigenvalue weighted by Crippen LogP contribution is 2.44. The van der Waals surface area contributed by atoms with Crippen molar-refractivity contribution in [2.75, 3.05) is 0 Å². The van der Waals surface area contributed by atoms with Crippen LogP contribution in [0.15, 0.2) is 41.4 Å². The molecule has 2 nitrogen and oxygen atoms in total. The standard InChI is InChI=1S/C18H14ClF3NOS/c1-9(2)13-8-23-16-4-3-10(5-12(13)16)24-17-14(18(20,21)22)6-11(25)7-15(17)19/h3-9,23H,1-2H3. The smallest absolute Gasteiger partial charge is 0.420 e. The van der Waals surface area contributed by atoms with Crippen LogP contribution in [0.2, 0.25) is 5.02 Å². The molecule has 131 valence electrons. The number of aromatic nitrogens is 1. The SMILES string of the molecule is CC(C)c1c[nH]c2ccc(Oc3c(Cl)cc([S])cc3C(F)(F)F)cc12. The molecule has 0 atom stereocenters. The zero-order chi connectivity index (χ0) is 18.4. The van der Waals surface area contributed by atoms with E-state index in [2.05, 4.69) is 4.98 Å². The van der Waals surface area contributed by atoms with E-state index in [1.54, 1.807) is 18.2 Å². The van der Waals surface area contributed by atoms with Gasteiger partial charge in [-0.15, -0.1) is 0 Å². The van der Waals surface area contributed by atoms with Crippen molar-refractivity contribution in [3.63, 3.8) is 0 Å². The molecule has 0 saturated carbocycles. The second kappa shape index (κ2) is 6.42. The number of hydrogen-bond donors (Lipinski definition) is 1. The van der Waals surface area contributed by atoms with Gasteiger partial charge < -0.3 is 9.72 Å². The average molecular weight is 385 g/mol. The van der Waals surface area contributed by atoms with E-state index in [0.717, 1.165) is 22.5 Å². The number of hydrogen-bond acceptors (Lipinski definition) is 1. The van der Waals surface area contributed by atoms with E-state index in [9.17, 15) is 13.2 Å². The maximum Gasteiger partial charge on any atom is 0.420 e. The van der Waals surface area contributed by atoms with Crippen molar-refractivity contribution >= 4 is 35.1 Å². The van der Waals surface area contributed by atoms with E-state index in [1.165, 1.54) is 6.07 Å². The average Bonchev–Trinajstić information content (AvgIpc) is 2.92. The summed E-state index contributed by atoms with van der Waals surface area (Å²) in [6, 6.07) is 7.19. The molecule has 0 amide bonds. The molecule has 0 spiro atoms. The van der Waals surface area contributed by atoms with Crippen LogP contribution < -0.4 is 4.74 Å². The van der Waals surface area contributed by atoms with Gasteiger partial charge in [0.1, 0.15) is 11.3 Å². The van der Waals surface area contributed by atoms with Crippen molar-refractivity contribution in [1.29, 1.82) is 0 Å². The highest BCUT2D eigenvalue weighted by molar-refractivity contribution is 7.80. The van der Waals surface area contributed by atoms with Gasteiger partial charge in [0.05, 0.1) is 5.02 Å². The van der Waals surface area contributed by atoms with Crippen LogP contribution in [0.1, 0.15) is 30.9 Å². The highest BCUT2D eigenvalue weighted by Gasteiger charge is 2.36. The lowest BCUT2D eigenvalue weighted by atomic mass is 10.0. The van der Waals surface area contributed by atoms with Gasteiger partial charge >= 0.3 is 6.18 Å². The molecule has 0 fully saturated rings. The molecule has 2 aromatic carbocycles. The van der Waals surface area contributed by atoms with Gasteiger partial charge in [0, 0.05) is 22.0 Å². The molecule has 0 aliphatic heterocycles. The number of benzene rings is 2. The minimum atomic E-state index is -4.62. The largest absolute Gasteiger partial charge is 0.455 e. The molecule has 0 bridgehead atoms. The molecule has 0 aliphatic rings. The lowest BCUT2D eigenvalue weighted by Crippen LogP contribution is -2.07. The Morgan fingerprint density at radius 1 is 1.16 bits per heavy atom. The maximum atomic E-state index is 13.3. The Kier molecular flexibility index (Phi) is 4.60. The minimum Gasteiger partial charge on any atom is -0.455 e. The van der Waals surface area contributed by atoms with Gasteiger partial charge in [0.25, 0.3) is 0 Å². The Balaban J connectivity index is 2.09. The maximum absolute atomic E-state index is 13.3. The number of alkyl halides is 3. The van der Waals surface area contributed by atoms with E-state index < -0.39 is 17.5 Å². The number of H-pyrrole nitrogens is 1. The Bertz CT molecular complexity index is 934. The Morgan fingerprint density at radius 3 is 2.52 bits per heavy atom. The van der Waals surface area contributed by atoms with Crippen LogP contribution in [0.5, 0.6) is 11.5 Å². The molecule has 0 saturated heterocycles. The molecule has 1 aromatic heterocycles. The van der Waals surface area contributed by atoms with Gasteiger partial charge in [-0.3, -0.25) is 0 Å². The first-order valence-corrected chi connectivity index (χ1v) is 8.32. The summed E-state index contributed by atoms with van der Waals surface area (Å²) < 4.78 is 45.4. The second-order valence-electron chi connectivity index (χ2n) is 5.99. The number of rotatable bonds is 3. The minimum absolute atomic E-state index is 0.00727. The monoisotopic (exact) mass is 384 g/mol. The first-order valence-electron chi connectivity index (χ1n) is 7.53. The number of nitrogens with one attached hydrogen (secondary N) is 1. The lowest BCUT2D eigenvalue weighted by Gasteiger charge is -2.16. The fourth-order valence-corrected chi connectivity index (χ4v) is 3.22. The van der Waals surface area contributed by atoms with E-state index >= 15 is 0 Å². The van der Waals surface area contributed by atoms with Crippen LogP contribution in [-0.4, -0.2) is 4.98 Å². The van der Waals surface area contributed by atoms with Crippen molar-refractivity contribution < 1.29 is 17.9 Å². The normalized spacial score (nSPS) is 12.1. The van der Waals surface area contributed by atoms with Crippen LogP contribution in [0.4, 0.5) is 13.2 Å². The molecule has 1 radical (unpaired) electrons. The Morgan fingerprint density at radius 2 is 1.88 bits per heavy atom. The predicted octanol–water partition coefficient (Wildman–Crippen LogP) is 7.31. The number of ether oxygens (including phenoxy) is 1. The van der Waals surface area contributed by atoms with Crippen LogP contribution in [0.3, 0.4) is 0 Å². The molecule has 1 heterocycles. The lowest BCUT2D eigenvalue weighted by molar-refractivity contribution is -0.138. The van der Waals surface area contributed by atoms with E-state index in [-0.39, 0.29) is 21.6 Å². The summed E-state index contributed by atoms with van der Waals surface area (Å²) in [4.78, 5) is 3.15. The fraction of sp³-hybridized carbons (Fsp3) is 0.222. The summed E-state index contributed by atoms with van der Waals surface area (Å²) in [5.74, 6) is 0.0973. The van der Waals surface area contributed by atoms with Gasteiger partial charge in [-0.25, -0.2) is 0 Å².